The number of rotatable bonds is 7. The van der Waals surface area contributed by atoms with Crippen molar-refractivity contribution in [2.24, 2.45) is 5.92 Å². The molecule has 2 rings (SSSR count). The van der Waals surface area contributed by atoms with Crippen molar-refractivity contribution in [2.75, 3.05) is 19.7 Å². The predicted molar refractivity (Wildman–Crippen MR) is 87.6 cm³/mol. The van der Waals surface area contributed by atoms with Gasteiger partial charge in [-0.2, -0.15) is 0 Å². The SMILES string of the molecule is CC(C)CCOc1ccc(S(=O)(=O)NC2CCNCC2)cc1. The maximum atomic E-state index is 12.3. The minimum atomic E-state index is -3.44. The van der Waals surface area contributed by atoms with Gasteiger partial charge in [-0.25, -0.2) is 13.1 Å². The molecule has 0 bridgehead atoms. The van der Waals surface area contributed by atoms with Crippen LogP contribution in [0.2, 0.25) is 0 Å². The smallest absolute Gasteiger partial charge is 0.240 e. The van der Waals surface area contributed by atoms with Crippen molar-refractivity contribution in [3.63, 3.8) is 0 Å². The normalized spacial score (nSPS) is 16.9. The molecular weight excluding hydrogens is 300 g/mol. The second kappa shape index (κ2) is 7.94. The lowest BCUT2D eigenvalue weighted by Gasteiger charge is -2.23. The van der Waals surface area contributed by atoms with Crippen molar-refractivity contribution >= 4 is 10.0 Å². The van der Waals surface area contributed by atoms with E-state index in [-0.39, 0.29) is 6.04 Å². The van der Waals surface area contributed by atoms with Gasteiger partial charge in [0.05, 0.1) is 11.5 Å². The number of benzene rings is 1. The molecule has 0 saturated carbocycles. The van der Waals surface area contributed by atoms with Gasteiger partial charge in [0.2, 0.25) is 10.0 Å². The molecule has 1 aliphatic rings. The molecule has 0 radical (unpaired) electrons. The highest BCUT2D eigenvalue weighted by Crippen LogP contribution is 2.18. The Kier molecular flexibility index (Phi) is 6.23. The summed E-state index contributed by atoms with van der Waals surface area (Å²) in [4.78, 5) is 0.294. The van der Waals surface area contributed by atoms with Crippen LogP contribution < -0.4 is 14.8 Å². The van der Waals surface area contributed by atoms with Crippen LogP contribution in [0.15, 0.2) is 29.2 Å². The van der Waals surface area contributed by atoms with Crippen LogP contribution in [0, 0.1) is 5.92 Å². The van der Waals surface area contributed by atoms with Gasteiger partial charge < -0.3 is 10.1 Å². The molecule has 0 atom stereocenters. The first kappa shape index (κ1) is 17.2. The summed E-state index contributed by atoms with van der Waals surface area (Å²) in [5, 5.41) is 3.22. The first-order valence-corrected chi connectivity index (χ1v) is 9.41. The van der Waals surface area contributed by atoms with Crippen molar-refractivity contribution < 1.29 is 13.2 Å². The predicted octanol–water partition coefficient (Wildman–Crippen LogP) is 2.14. The summed E-state index contributed by atoms with van der Waals surface area (Å²) in [5.74, 6) is 1.30. The van der Waals surface area contributed by atoms with Crippen LogP contribution in [0.1, 0.15) is 33.1 Å². The molecule has 0 spiro atoms. The Morgan fingerprint density at radius 2 is 1.86 bits per heavy atom. The van der Waals surface area contributed by atoms with E-state index in [2.05, 4.69) is 23.9 Å². The van der Waals surface area contributed by atoms with Crippen LogP contribution in [-0.4, -0.2) is 34.2 Å². The van der Waals surface area contributed by atoms with Gasteiger partial charge in [-0.1, -0.05) is 13.8 Å². The largest absolute Gasteiger partial charge is 0.494 e. The fourth-order valence-electron chi connectivity index (χ4n) is 2.35. The zero-order chi connectivity index (χ0) is 16.0. The lowest BCUT2D eigenvalue weighted by atomic mass is 10.1. The van der Waals surface area contributed by atoms with E-state index in [1.165, 1.54) is 0 Å². The molecule has 5 nitrogen and oxygen atoms in total. The van der Waals surface area contributed by atoms with E-state index >= 15 is 0 Å². The zero-order valence-corrected chi connectivity index (χ0v) is 14.2. The van der Waals surface area contributed by atoms with Gasteiger partial charge in [0.15, 0.2) is 0 Å². The molecule has 0 aromatic heterocycles. The van der Waals surface area contributed by atoms with Gasteiger partial charge in [0, 0.05) is 6.04 Å². The molecule has 22 heavy (non-hydrogen) atoms. The van der Waals surface area contributed by atoms with Crippen molar-refractivity contribution in [1.29, 1.82) is 0 Å². The Balaban J connectivity index is 1.93. The third kappa shape index (κ3) is 5.26. The average molecular weight is 326 g/mol. The Morgan fingerprint density at radius 3 is 2.45 bits per heavy atom. The minimum absolute atomic E-state index is 0.0215. The molecule has 1 aromatic rings. The van der Waals surface area contributed by atoms with Crippen LogP contribution in [-0.2, 0) is 10.0 Å². The number of piperidine rings is 1. The first-order valence-electron chi connectivity index (χ1n) is 7.93. The number of hydrogen-bond acceptors (Lipinski definition) is 4. The molecule has 1 aliphatic heterocycles. The van der Waals surface area contributed by atoms with E-state index in [0.717, 1.165) is 32.4 Å². The summed E-state index contributed by atoms with van der Waals surface area (Å²) < 4.78 is 33.1. The Bertz CT molecular complexity index is 549. The molecule has 1 fully saturated rings. The summed E-state index contributed by atoms with van der Waals surface area (Å²) in [5.41, 5.74) is 0. The zero-order valence-electron chi connectivity index (χ0n) is 13.3. The highest BCUT2D eigenvalue weighted by atomic mass is 32.2. The van der Waals surface area contributed by atoms with Crippen molar-refractivity contribution in [2.45, 2.75) is 44.0 Å². The van der Waals surface area contributed by atoms with Crippen LogP contribution >= 0.6 is 0 Å². The molecule has 0 aliphatic carbocycles. The topological polar surface area (TPSA) is 67.4 Å². The van der Waals surface area contributed by atoms with Gasteiger partial charge >= 0.3 is 0 Å². The Labute approximate surface area is 133 Å². The molecule has 0 amide bonds. The third-order valence-corrected chi connectivity index (χ3v) is 5.30. The van der Waals surface area contributed by atoms with Gasteiger partial charge in [-0.15, -0.1) is 0 Å². The molecule has 124 valence electrons. The van der Waals surface area contributed by atoms with Crippen molar-refractivity contribution in [1.82, 2.24) is 10.0 Å². The number of ether oxygens (including phenoxy) is 1. The summed E-state index contributed by atoms with van der Waals surface area (Å²) >= 11 is 0. The molecule has 1 heterocycles. The second-order valence-corrected chi connectivity index (χ2v) is 7.86. The Hall–Kier alpha value is -1.11. The number of nitrogens with one attached hydrogen (secondary N) is 2. The molecule has 1 aromatic carbocycles. The van der Waals surface area contributed by atoms with E-state index in [4.69, 9.17) is 4.74 Å². The van der Waals surface area contributed by atoms with E-state index < -0.39 is 10.0 Å². The summed E-state index contributed by atoms with van der Waals surface area (Å²) in [6.45, 7) is 6.65. The lowest BCUT2D eigenvalue weighted by molar-refractivity contribution is 0.289. The lowest BCUT2D eigenvalue weighted by Crippen LogP contribution is -2.42. The molecule has 6 heteroatoms. The second-order valence-electron chi connectivity index (χ2n) is 6.15. The monoisotopic (exact) mass is 326 g/mol. The third-order valence-electron chi connectivity index (χ3n) is 3.76. The summed E-state index contributed by atoms with van der Waals surface area (Å²) in [6, 6.07) is 6.67. The van der Waals surface area contributed by atoms with Crippen molar-refractivity contribution in [3.05, 3.63) is 24.3 Å². The van der Waals surface area contributed by atoms with E-state index in [1.807, 2.05) is 0 Å². The number of sulfonamides is 1. The first-order chi connectivity index (χ1) is 10.5. The number of hydrogen-bond donors (Lipinski definition) is 2. The van der Waals surface area contributed by atoms with E-state index in [1.54, 1.807) is 24.3 Å². The molecule has 0 unspecified atom stereocenters. The highest BCUT2D eigenvalue weighted by molar-refractivity contribution is 7.89. The van der Waals surface area contributed by atoms with Crippen LogP contribution in [0.25, 0.3) is 0 Å². The molecule has 1 saturated heterocycles. The van der Waals surface area contributed by atoms with Gasteiger partial charge in [-0.05, 0) is 62.5 Å². The van der Waals surface area contributed by atoms with E-state index in [9.17, 15) is 8.42 Å². The van der Waals surface area contributed by atoms with Gasteiger partial charge in [0.25, 0.3) is 0 Å². The van der Waals surface area contributed by atoms with Crippen LogP contribution in [0.5, 0.6) is 5.75 Å². The Morgan fingerprint density at radius 1 is 1.23 bits per heavy atom. The van der Waals surface area contributed by atoms with Crippen LogP contribution in [0.4, 0.5) is 0 Å². The molecule has 2 N–H and O–H groups in total. The van der Waals surface area contributed by atoms with Gasteiger partial charge in [0.1, 0.15) is 5.75 Å². The maximum Gasteiger partial charge on any atom is 0.240 e. The quantitative estimate of drug-likeness (QED) is 0.805. The minimum Gasteiger partial charge on any atom is -0.494 e. The summed E-state index contributed by atoms with van der Waals surface area (Å²) in [6.07, 6.45) is 2.64. The average Bonchev–Trinajstić information content (AvgIpc) is 2.48. The van der Waals surface area contributed by atoms with Gasteiger partial charge in [-0.3, -0.25) is 0 Å². The summed E-state index contributed by atoms with van der Waals surface area (Å²) in [7, 11) is -3.44. The highest BCUT2D eigenvalue weighted by Gasteiger charge is 2.21. The van der Waals surface area contributed by atoms with E-state index in [0.29, 0.717) is 23.2 Å². The van der Waals surface area contributed by atoms with Crippen LogP contribution in [0.3, 0.4) is 0 Å². The van der Waals surface area contributed by atoms with Crippen molar-refractivity contribution in [3.8, 4) is 5.75 Å². The fourth-order valence-corrected chi connectivity index (χ4v) is 3.66. The molecular formula is C16H26N2O3S. The maximum absolute atomic E-state index is 12.3. The standard InChI is InChI=1S/C16H26N2O3S/c1-13(2)9-12-21-15-3-5-16(6-4-15)22(19,20)18-14-7-10-17-11-8-14/h3-6,13-14,17-18H,7-12H2,1-2H3. The fraction of sp³-hybridized carbons (Fsp3) is 0.625.